The minimum atomic E-state index is -4.36. The molecule has 0 heterocycles. The molecular weight excluding hydrogens is 325 g/mol. The first kappa shape index (κ1) is 18.1. The molecular formula is C12H17F3N2O2S2. The van der Waals surface area contributed by atoms with Crippen LogP contribution in [-0.4, -0.2) is 33.3 Å². The lowest BCUT2D eigenvalue weighted by atomic mass is 10.1. The molecule has 120 valence electrons. The van der Waals surface area contributed by atoms with E-state index in [1.165, 1.54) is 0 Å². The van der Waals surface area contributed by atoms with Gasteiger partial charge in [-0.3, -0.25) is 0 Å². The summed E-state index contributed by atoms with van der Waals surface area (Å²) in [7, 11) is -2.11. The smallest absolute Gasteiger partial charge is 0.388 e. The Morgan fingerprint density at radius 3 is 2.14 bits per heavy atom. The summed E-state index contributed by atoms with van der Waals surface area (Å²) in [6, 6.07) is 3.35. The second-order valence-corrected chi connectivity index (χ2v) is 7.24. The highest BCUT2D eigenvalue weighted by Gasteiger charge is 2.28. The number of rotatable bonds is 6. The van der Waals surface area contributed by atoms with Crippen LogP contribution >= 0.6 is 11.8 Å². The zero-order chi connectivity index (χ0) is 16.3. The maximum absolute atomic E-state index is 12.2. The van der Waals surface area contributed by atoms with Crippen LogP contribution in [0.4, 0.5) is 18.9 Å². The molecule has 9 heteroatoms. The molecule has 1 aromatic carbocycles. The molecule has 0 bridgehead atoms. The molecule has 0 aliphatic carbocycles. The lowest BCUT2D eigenvalue weighted by molar-refractivity contribution is -0.0327. The van der Waals surface area contributed by atoms with Crippen molar-refractivity contribution < 1.29 is 21.6 Å². The summed E-state index contributed by atoms with van der Waals surface area (Å²) in [6.07, 6.45) is 0. The van der Waals surface area contributed by atoms with Crippen molar-refractivity contribution in [2.24, 2.45) is 0 Å². The monoisotopic (exact) mass is 342 g/mol. The summed E-state index contributed by atoms with van der Waals surface area (Å²) in [6.45, 7) is 3.01. The molecule has 1 rings (SSSR count). The van der Waals surface area contributed by atoms with E-state index in [9.17, 15) is 21.6 Å². The van der Waals surface area contributed by atoms with E-state index >= 15 is 0 Å². The predicted octanol–water partition coefficient (Wildman–Crippen LogP) is 2.88. The Morgan fingerprint density at radius 2 is 1.71 bits per heavy atom. The van der Waals surface area contributed by atoms with Crippen molar-refractivity contribution in [3.8, 4) is 0 Å². The van der Waals surface area contributed by atoms with Crippen LogP contribution in [0.3, 0.4) is 0 Å². The molecule has 4 nitrogen and oxygen atoms in total. The summed E-state index contributed by atoms with van der Waals surface area (Å²) in [5, 5.41) is 2.91. The Balaban J connectivity index is 2.84. The quantitative estimate of drug-likeness (QED) is 0.781. The van der Waals surface area contributed by atoms with Gasteiger partial charge in [-0.1, -0.05) is 0 Å². The number of hydrogen-bond acceptors (Lipinski definition) is 4. The van der Waals surface area contributed by atoms with Gasteiger partial charge in [0.1, 0.15) is 0 Å². The number of hydrogen-bond donors (Lipinski definition) is 2. The average molecular weight is 342 g/mol. The highest BCUT2D eigenvalue weighted by atomic mass is 32.2. The first-order valence-corrected chi connectivity index (χ1v) is 8.53. The largest absolute Gasteiger partial charge is 0.441 e. The molecule has 0 aromatic heterocycles. The van der Waals surface area contributed by atoms with Gasteiger partial charge in [0.15, 0.2) is 0 Å². The van der Waals surface area contributed by atoms with Gasteiger partial charge in [0.2, 0.25) is 10.0 Å². The first-order valence-electron chi connectivity index (χ1n) is 6.06. The normalized spacial score (nSPS) is 12.5. The van der Waals surface area contributed by atoms with Crippen molar-refractivity contribution in [2.45, 2.75) is 24.3 Å². The topological polar surface area (TPSA) is 58.2 Å². The van der Waals surface area contributed by atoms with Gasteiger partial charge in [0, 0.05) is 25.0 Å². The van der Waals surface area contributed by atoms with Crippen LogP contribution in [-0.2, 0) is 10.0 Å². The molecule has 0 radical (unpaired) electrons. The van der Waals surface area contributed by atoms with Crippen LogP contribution < -0.4 is 10.0 Å². The Hall–Kier alpha value is -0.930. The van der Waals surface area contributed by atoms with Gasteiger partial charge in [-0.25, -0.2) is 13.1 Å². The maximum Gasteiger partial charge on any atom is 0.441 e. The van der Waals surface area contributed by atoms with E-state index < -0.39 is 15.5 Å². The Morgan fingerprint density at radius 1 is 1.19 bits per heavy atom. The van der Waals surface area contributed by atoms with Gasteiger partial charge in [-0.05, 0) is 48.9 Å². The fourth-order valence-corrected chi connectivity index (χ4v) is 3.98. The Labute approximate surface area is 126 Å². The number of anilines is 1. The van der Waals surface area contributed by atoms with Crippen molar-refractivity contribution in [1.29, 1.82) is 0 Å². The van der Waals surface area contributed by atoms with Crippen LogP contribution in [0.2, 0.25) is 0 Å². The number of alkyl halides is 3. The molecule has 0 atom stereocenters. The standard InChI is InChI=1S/C12H17F3N2O2S2/c1-8-6-10(16-3)7-9(2)11(8)21(18,19)17-4-5-20-12(13,14)15/h6-7,16-17H,4-5H2,1-3H3. The minimum Gasteiger partial charge on any atom is -0.388 e. The van der Waals surface area contributed by atoms with Crippen molar-refractivity contribution >= 4 is 27.5 Å². The fourth-order valence-electron chi connectivity index (χ4n) is 1.93. The predicted molar refractivity (Wildman–Crippen MR) is 79.2 cm³/mol. The van der Waals surface area contributed by atoms with Crippen molar-refractivity contribution in [1.82, 2.24) is 4.72 Å². The number of thioether (sulfide) groups is 1. The lowest BCUT2D eigenvalue weighted by Gasteiger charge is -2.14. The molecule has 0 saturated heterocycles. The molecule has 0 amide bonds. The SMILES string of the molecule is CNc1cc(C)c(S(=O)(=O)NCCSC(F)(F)F)c(C)c1. The third-order valence-electron chi connectivity index (χ3n) is 2.68. The lowest BCUT2D eigenvalue weighted by Crippen LogP contribution is -2.28. The Bertz CT molecular complexity index is 578. The van der Waals surface area contributed by atoms with E-state index in [1.54, 1.807) is 33.0 Å². The number of halogens is 3. The molecule has 1 aromatic rings. The third kappa shape index (κ3) is 5.40. The van der Waals surface area contributed by atoms with Gasteiger partial charge in [0.25, 0.3) is 0 Å². The molecule has 0 aliphatic rings. The summed E-state index contributed by atoms with van der Waals surface area (Å²) in [5.41, 5.74) is -2.51. The van der Waals surface area contributed by atoms with Gasteiger partial charge in [0.05, 0.1) is 4.90 Å². The van der Waals surface area contributed by atoms with Crippen LogP contribution in [0.25, 0.3) is 0 Å². The maximum atomic E-state index is 12.2. The highest BCUT2D eigenvalue weighted by molar-refractivity contribution is 8.00. The van der Waals surface area contributed by atoms with Crippen molar-refractivity contribution in [3.05, 3.63) is 23.3 Å². The number of nitrogens with one attached hydrogen (secondary N) is 2. The minimum absolute atomic E-state index is 0.110. The summed E-state index contributed by atoms with van der Waals surface area (Å²) in [5.74, 6) is -0.366. The van der Waals surface area contributed by atoms with E-state index in [-0.39, 0.29) is 29.0 Å². The molecule has 0 fully saturated rings. The van der Waals surface area contributed by atoms with E-state index in [1.807, 2.05) is 0 Å². The van der Waals surface area contributed by atoms with Gasteiger partial charge >= 0.3 is 5.51 Å². The number of sulfonamides is 1. The fraction of sp³-hybridized carbons (Fsp3) is 0.500. The van der Waals surface area contributed by atoms with E-state index in [2.05, 4.69) is 10.0 Å². The molecule has 21 heavy (non-hydrogen) atoms. The molecule has 2 N–H and O–H groups in total. The van der Waals surface area contributed by atoms with Gasteiger partial charge in [-0.15, -0.1) is 0 Å². The molecule has 0 spiro atoms. The van der Waals surface area contributed by atoms with Gasteiger partial charge < -0.3 is 5.32 Å². The second kappa shape index (κ2) is 6.89. The van der Waals surface area contributed by atoms with E-state index in [0.29, 0.717) is 11.1 Å². The second-order valence-electron chi connectivity index (χ2n) is 4.38. The van der Waals surface area contributed by atoms with Crippen molar-refractivity contribution in [3.63, 3.8) is 0 Å². The zero-order valence-electron chi connectivity index (χ0n) is 11.8. The zero-order valence-corrected chi connectivity index (χ0v) is 13.5. The molecule has 0 saturated carbocycles. The summed E-state index contributed by atoms with van der Waals surface area (Å²) >= 11 is -0.253. The summed E-state index contributed by atoms with van der Waals surface area (Å²) in [4.78, 5) is 0.110. The number of benzene rings is 1. The van der Waals surface area contributed by atoms with Gasteiger partial charge in [-0.2, -0.15) is 13.2 Å². The Kier molecular flexibility index (Phi) is 5.94. The molecule has 0 aliphatic heterocycles. The molecule has 0 unspecified atom stereocenters. The van der Waals surface area contributed by atoms with Crippen LogP contribution in [0.1, 0.15) is 11.1 Å². The van der Waals surface area contributed by atoms with E-state index in [0.717, 1.165) is 5.69 Å². The highest BCUT2D eigenvalue weighted by Crippen LogP contribution is 2.29. The number of aryl methyl sites for hydroxylation is 2. The van der Waals surface area contributed by atoms with Crippen LogP contribution in [0, 0.1) is 13.8 Å². The first-order chi connectivity index (χ1) is 9.57. The van der Waals surface area contributed by atoms with Crippen LogP contribution in [0.15, 0.2) is 17.0 Å². The summed E-state index contributed by atoms with van der Waals surface area (Å²) < 4.78 is 62.5. The van der Waals surface area contributed by atoms with E-state index in [4.69, 9.17) is 0 Å². The third-order valence-corrected chi connectivity index (χ3v) is 5.18. The van der Waals surface area contributed by atoms with Crippen molar-refractivity contribution in [2.75, 3.05) is 24.7 Å². The van der Waals surface area contributed by atoms with Crippen LogP contribution in [0.5, 0.6) is 0 Å². The average Bonchev–Trinajstić information content (AvgIpc) is 2.32.